The molecule has 0 unspecified atom stereocenters. The van der Waals surface area contributed by atoms with Crippen LogP contribution in [0.1, 0.15) is 36.8 Å². The fourth-order valence-corrected chi connectivity index (χ4v) is 4.43. The van der Waals surface area contributed by atoms with Crippen molar-refractivity contribution < 1.29 is 13.2 Å². The summed E-state index contributed by atoms with van der Waals surface area (Å²) in [5.74, 6) is 0.219. The molecule has 2 fully saturated rings. The highest BCUT2D eigenvalue weighted by atomic mass is 32.2. The van der Waals surface area contributed by atoms with Gasteiger partial charge in [-0.1, -0.05) is 24.3 Å². The van der Waals surface area contributed by atoms with Crippen LogP contribution in [0.15, 0.2) is 29.3 Å². The molecule has 0 aliphatic heterocycles. The van der Waals surface area contributed by atoms with Gasteiger partial charge in [0.15, 0.2) is 0 Å². The third-order valence-electron chi connectivity index (χ3n) is 4.41. The van der Waals surface area contributed by atoms with Crippen molar-refractivity contribution >= 4 is 15.9 Å². The smallest absolute Gasteiger partial charge is 0.229 e. The van der Waals surface area contributed by atoms with Crippen LogP contribution >= 0.6 is 0 Å². The van der Waals surface area contributed by atoms with Crippen molar-refractivity contribution in [3.63, 3.8) is 0 Å². The fourth-order valence-electron chi connectivity index (χ4n) is 2.97. The predicted octanol–water partition coefficient (Wildman–Crippen LogP) is 2.09. The molecule has 5 heteroatoms. The fraction of sp³-hybridized carbons (Fsp3) is 0.533. The highest BCUT2D eigenvalue weighted by Gasteiger charge is 2.48. The summed E-state index contributed by atoms with van der Waals surface area (Å²) in [6, 6.07) is 7.94. The lowest BCUT2D eigenvalue weighted by molar-refractivity contribution is 0.556. The number of hydrogen-bond acceptors (Lipinski definition) is 4. The molecule has 0 aromatic heterocycles. The van der Waals surface area contributed by atoms with Gasteiger partial charge in [0.2, 0.25) is 6.08 Å². The Bertz CT molecular complexity index is 676. The Kier molecular flexibility index (Phi) is 2.89. The third kappa shape index (κ3) is 2.43. The number of benzene rings is 1. The van der Waals surface area contributed by atoms with Gasteiger partial charge in [-0.25, -0.2) is 13.2 Å². The van der Waals surface area contributed by atoms with Gasteiger partial charge in [-0.3, -0.25) is 0 Å². The van der Waals surface area contributed by atoms with Crippen molar-refractivity contribution in [2.75, 3.05) is 12.0 Å². The van der Waals surface area contributed by atoms with Gasteiger partial charge in [0.25, 0.3) is 0 Å². The normalized spacial score (nSPS) is 21.9. The highest BCUT2D eigenvalue weighted by molar-refractivity contribution is 7.90. The highest BCUT2D eigenvalue weighted by Crippen LogP contribution is 2.52. The van der Waals surface area contributed by atoms with E-state index < -0.39 is 9.84 Å². The Morgan fingerprint density at radius 1 is 1.10 bits per heavy atom. The van der Waals surface area contributed by atoms with E-state index in [0.717, 1.165) is 36.8 Å². The average molecular weight is 291 g/mol. The number of sulfone groups is 1. The largest absolute Gasteiger partial charge is 0.235 e. The maximum Gasteiger partial charge on any atom is 0.235 e. The number of carbonyl (C=O) groups excluding carboxylic acids is 1. The molecule has 0 amide bonds. The van der Waals surface area contributed by atoms with Crippen molar-refractivity contribution in [1.82, 2.24) is 0 Å². The minimum atomic E-state index is -2.97. The SMILES string of the molecule is CS(=O)(=O)CC1(c2ccc(C3(N=C=O)CC3)cc2)CC1. The van der Waals surface area contributed by atoms with Gasteiger partial charge < -0.3 is 0 Å². The van der Waals surface area contributed by atoms with Crippen molar-refractivity contribution in [3.8, 4) is 0 Å². The first-order chi connectivity index (χ1) is 9.39. The Balaban J connectivity index is 1.86. The van der Waals surface area contributed by atoms with Gasteiger partial charge >= 0.3 is 0 Å². The van der Waals surface area contributed by atoms with Crippen LogP contribution in [0.2, 0.25) is 0 Å². The zero-order valence-corrected chi connectivity index (χ0v) is 12.2. The minimum absolute atomic E-state index is 0.184. The first kappa shape index (κ1) is 13.5. The van der Waals surface area contributed by atoms with Gasteiger partial charge in [-0.05, 0) is 36.8 Å². The van der Waals surface area contributed by atoms with Crippen LogP contribution in [-0.2, 0) is 25.6 Å². The summed E-state index contributed by atoms with van der Waals surface area (Å²) >= 11 is 0. The van der Waals surface area contributed by atoms with E-state index in [4.69, 9.17) is 0 Å². The quantitative estimate of drug-likeness (QED) is 0.616. The van der Waals surface area contributed by atoms with Gasteiger partial charge in [0.05, 0.1) is 11.3 Å². The summed E-state index contributed by atoms with van der Waals surface area (Å²) in [4.78, 5) is 14.4. The molecule has 0 atom stereocenters. The van der Waals surface area contributed by atoms with Gasteiger partial charge in [-0.15, -0.1) is 0 Å². The van der Waals surface area contributed by atoms with E-state index in [9.17, 15) is 13.2 Å². The maximum atomic E-state index is 11.5. The van der Waals surface area contributed by atoms with Crippen LogP contribution in [0.3, 0.4) is 0 Å². The van der Waals surface area contributed by atoms with Crippen LogP contribution in [0.5, 0.6) is 0 Å². The predicted molar refractivity (Wildman–Crippen MR) is 76.1 cm³/mol. The van der Waals surface area contributed by atoms with Crippen LogP contribution in [0.25, 0.3) is 0 Å². The number of rotatable bonds is 5. The van der Waals surface area contributed by atoms with Crippen molar-refractivity contribution in [1.29, 1.82) is 0 Å². The number of isocyanates is 1. The molecule has 0 bridgehead atoms. The Labute approximate surface area is 118 Å². The molecule has 0 spiro atoms. The van der Waals surface area contributed by atoms with Crippen molar-refractivity contribution in [2.24, 2.45) is 4.99 Å². The van der Waals surface area contributed by atoms with Crippen LogP contribution in [0.4, 0.5) is 0 Å². The zero-order chi connectivity index (χ0) is 14.4. The maximum absolute atomic E-state index is 11.5. The second kappa shape index (κ2) is 4.27. The molecular formula is C15H17NO3S. The molecule has 1 aromatic carbocycles. The van der Waals surface area contributed by atoms with Crippen molar-refractivity contribution in [3.05, 3.63) is 35.4 Å². The van der Waals surface area contributed by atoms with E-state index in [0.29, 0.717) is 0 Å². The average Bonchev–Trinajstić information content (AvgIpc) is 3.26. The van der Waals surface area contributed by atoms with E-state index in [-0.39, 0.29) is 16.7 Å². The molecule has 4 nitrogen and oxygen atoms in total. The molecule has 2 aliphatic rings. The van der Waals surface area contributed by atoms with Crippen LogP contribution in [0, 0.1) is 0 Å². The van der Waals surface area contributed by atoms with Gasteiger partial charge in [0, 0.05) is 11.7 Å². The van der Waals surface area contributed by atoms with Gasteiger partial charge in [0.1, 0.15) is 9.84 Å². The first-order valence-electron chi connectivity index (χ1n) is 6.77. The Morgan fingerprint density at radius 3 is 2.05 bits per heavy atom. The number of aliphatic imine (C=N–C) groups is 1. The zero-order valence-electron chi connectivity index (χ0n) is 11.4. The Hall–Kier alpha value is -1.45. The van der Waals surface area contributed by atoms with E-state index in [2.05, 4.69) is 4.99 Å². The van der Waals surface area contributed by atoms with E-state index in [1.165, 1.54) is 6.26 Å². The molecule has 0 N–H and O–H groups in total. The summed E-state index contributed by atoms with van der Waals surface area (Å²) in [7, 11) is -2.97. The lowest BCUT2D eigenvalue weighted by Gasteiger charge is -2.16. The third-order valence-corrected chi connectivity index (χ3v) is 5.49. The lowest BCUT2D eigenvalue weighted by Crippen LogP contribution is -2.20. The van der Waals surface area contributed by atoms with Gasteiger partial charge in [-0.2, -0.15) is 4.99 Å². The molecule has 20 heavy (non-hydrogen) atoms. The standard InChI is InChI=1S/C15H17NO3S/c1-20(18,19)10-14(6-7-14)12-2-4-13(5-3-12)15(8-9-15)16-11-17/h2-5H,6-10H2,1H3. The summed E-state index contributed by atoms with van der Waals surface area (Å²) in [5, 5.41) is 0. The molecule has 1 aromatic rings. The molecular weight excluding hydrogens is 274 g/mol. The lowest BCUT2D eigenvalue weighted by atomic mass is 9.95. The monoisotopic (exact) mass is 291 g/mol. The van der Waals surface area contributed by atoms with Crippen LogP contribution in [-0.4, -0.2) is 26.5 Å². The molecule has 0 heterocycles. The van der Waals surface area contributed by atoms with E-state index in [1.54, 1.807) is 6.08 Å². The molecule has 2 saturated carbocycles. The van der Waals surface area contributed by atoms with E-state index >= 15 is 0 Å². The van der Waals surface area contributed by atoms with Crippen LogP contribution < -0.4 is 0 Å². The second-order valence-electron chi connectivity index (χ2n) is 6.16. The molecule has 0 saturated heterocycles. The number of nitrogens with zero attached hydrogens (tertiary/aromatic N) is 1. The first-order valence-corrected chi connectivity index (χ1v) is 8.83. The molecule has 106 valence electrons. The molecule has 3 rings (SSSR count). The number of hydrogen-bond donors (Lipinski definition) is 0. The summed E-state index contributed by atoms with van der Waals surface area (Å²) in [6.07, 6.45) is 6.57. The summed E-state index contributed by atoms with van der Waals surface area (Å²) < 4.78 is 23.0. The molecule has 0 radical (unpaired) electrons. The second-order valence-corrected chi connectivity index (χ2v) is 8.30. The topological polar surface area (TPSA) is 63.6 Å². The Morgan fingerprint density at radius 2 is 1.65 bits per heavy atom. The minimum Gasteiger partial charge on any atom is -0.229 e. The van der Waals surface area contributed by atoms with Crippen molar-refractivity contribution in [2.45, 2.75) is 36.6 Å². The summed E-state index contributed by atoms with van der Waals surface area (Å²) in [6.45, 7) is 0. The van der Waals surface area contributed by atoms with E-state index in [1.807, 2.05) is 24.3 Å². The summed E-state index contributed by atoms with van der Waals surface area (Å²) in [5.41, 5.74) is 1.57. The molecule has 2 aliphatic carbocycles.